The van der Waals surface area contributed by atoms with Gasteiger partial charge in [-0.1, -0.05) is 12.1 Å². The van der Waals surface area contributed by atoms with E-state index in [4.69, 9.17) is 4.74 Å². The summed E-state index contributed by atoms with van der Waals surface area (Å²) in [5, 5.41) is 6.50. The number of aryl methyl sites for hydroxylation is 1. The predicted octanol–water partition coefficient (Wildman–Crippen LogP) is 2.21. The zero-order valence-electron chi connectivity index (χ0n) is 19.6. The number of hydrogen-bond acceptors (Lipinski definition) is 6. The standard InChI is InChI=1S/C23H33N7O2.HI/c1-4-24-22(28-17-19-7-6-18(2)16-20(19)32-3)25-11-8-21(31)29-12-14-30(15-13-29)23-26-9-5-10-27-23;/h5-7,9-10,16H,4,8,11-15,17H2,1-3H3,(H2,24,25,28);1H. The molecule has 10 heteroatoms. The molecule has 1 aromatic heterocycles. The fourth-order valence-electron chi connectivity index (χ4n) is 3.54. The Morgan fingerprint density at radius 3 is 2.55 bits per heavy atom. The molecule has 0 atom stereocenters. The Morgan fingerprint density at radius 2 is 1.88 bits per heavy atom. The smallest absolute Gasteiger partial charge is 0.225 e. The number of benzene rings is 1. The number of rotatable bonds is 8. The number of methoxy groups -OCH3 is 1. The maximum absolute atomic E-state index is 12.6. The average molecular weight is 567 g/mol. The number of ether oxygens (including phenoxy) is 1. The summed E-state index contributed by atoms with van der Waals surface area (Å²) in [5.41, 5.74) is 2.17. The molecule has 3 rings (SSSR count). The van der Waals surface area contributed by atoms with Gasteiger partial charge in [-0.2, -0.15) is 0 Å². The van der Waals surface area contributed by atoms with Gasteiger partial charge in [0, 0.05) is 63.6 Å². The molecule has 2 heterocycles. The summed E-state index contributed by atoms with van der Waals surface area (Å²) in [4.78, 5) is 29.9. The molecule has 1 aliphatic heterocycles. The number of halogens is 1. The fourth-order valence-corrected chi connectivity index (χ4v) is 3.54. The molecule has 2 aromatic rings. The van der Waals surface area contributed by atoms with Crippen LogP contribution in [0.2, 0.25) is 0 Å². The van der Waals surface area contributed by atoms with Crippen LogP contribution in [0.4, 0.5) is 5.95 Å². The first-order valence-electron chi connectivity index (χ1n) is 11.1. The van der Waals surface area contributed by atoms with Crippen molar-refractivity contribution in [2.24, 2.45) is 4.99 Å². The molecule has 33 heavy (non-hydrogen) atoms. The molecule has 1 amide bonds. The van der Waals surface area contributed by atoms with Crippen LogP contribution in [-0.2, 0) is 11.3 Å². The minimum Gasteiger partial charge on any atom is -0.496 e. The van der Waals surface area contributed by atoms with Gasteiger partial charge in [-0.3, -0.25) is 4.79 Å². The monoisotopic (exact) mass is 567 g/mol. The van der Waals surface area contributed by atoms with E-state index in [1.165, 1.54) is 0 Å². The van der Waals surface area contributed by atoms with Crippen molar-refractivity contribution in [1.82, 2.24) is 25.5 Å². The number of carbonyl (C=O) groups is 1. The number of aromatic nitrogens is 2. The van der Waals surface area contributed by atoms with E-state index in [2.05, 4.69) is 36.6 Å². The number of hydrogen-bond donors (Lipinski definition) is 2. The summed E-state index contributed by atoms with van der Waals surface area (Å²) in [6.45, 7) is 8.66. The lowest BCUT2D eigenvalue weighted by molar-refractivity contribution is -0.131. The molecule has 1 aliphatic rings. The fraction of sp³-hybridized carbons (Fsp3) is 0.478. The maximum atomic E-state index is 12.6. The van der Waals surface area contributed by atoms with Gasteiger partial charge in [-0.15, -0.1) is 24.0 Å². The molecular weight excluding hydrogens is 533 g/mol. The van der Waals surface area contributed by atoms with Crippen LogP contribution in [0.1, 0.15) is 24.5 Å². The minimum absolute atomic E-state index is 0. The van der Waals surface area contributed by atoms with E-state index in [0.29, 0.717) is 38.6 Å². The van der Waals surface area contributed by atoms with E-state index >= 15 is 0 Å². The van der Waals surface area contributed by atoms with Gasteiger partial charge < -0.3 is 25.2 Å². The van der Waals surface area contributed by atoms with Crippen LogP contribution < -0.4 is 20.3 Å². The number of nitrogens with one attached hydrogen (secondary N) is 2. The van der Waals surface area contributed by atoms with Gasteiger partial charge in [0.15, 0.2) is 5.96 Å². The third kappa shape index (κ3) is 8.02. The Kier molecular flexibility index (Phi) is 11.1. The Labute approximate surface area is 213 Å². The van der Waals surface area contributed by atoms with E-state index < -0.39 is 0 Å². The van der Waals surface area contributed by atoms with Crippen molar-refractivity contribution in [3.05, 3.63) is 47.8 Å². The van der Waals surface area contributed by atoms with E-state index in [-0.39, 0.29) is 29.9 Å². The zero-order valence-corrected chi connectivity index (χ0v) is 21.9. The van der Waals surface area contributed by atoms with Gasteiger partial charge >= 0.3 is 0 Å². The van der Waals surface area contributed by atoms with E-state index in [1.807, 2.05) is 30.9 Å². The normalized spacial score (nSPS) is 13.8. The topological polar surface area (TPSA) is 95.0 Å². The largest absolute Gasteiger partial charge is 0.496 e. The van der Waals surface area contributed by atoms with Crippen LogP contribution in [0.5, 0.6) is 5.75 Å². The molecular formula is C23H34IN7O2. The van der Waals surface area contributed by atoms with E-state index in [0.717, 1.165) is 42.5 Å². The second kappa shape index (κ2) is 13.8. The van der Waals surface area contributed by atoms with Gasteiger partial charge in [0.25, 0.3) is 0 Å². The average Bonchev–Trinajstić information content (AvgIpc) is 2.83. The highest BCUT2D eigenvalue weighted by Crippen LogP contribution is 2.20. The summed E-state index contributed by atoms with van der Waals surface area (Å²) in [6, 6.07) is 7.90. The van der Waals surface area contributed by atoms with E-state index in [1.54, 1.807) is 25.6 Å². The highest BCUT2D eigenvalue weighted by molar-refractivity contribution is 14.0. The number of aliphatic imine (C=N–C) groups is 1. The quantitative estimate of drug-likeness (QED) is 0.287. The van der Waals surface area contributed by atoms with Crippen LogP contribution >= 0.6 is 24.0 Å². The van der Waals surface area contributed by atoms with Crippen molar-refractivity contribution >= 4 is 41.8 Å². The molecule has 0 spiro atoms. The van der Waals surface area contributed by atoms with Gasteiger partial charge in [0.1, 0.15) is 5.75 Å². The van der Waals surface area contributed by atoms with Gasteiger partial charge in [-0.05, 0) is 31.5 Å². The SMILES string of the molecule is CCNC(=NCc1ccc(C)cc1OC)NCCC(=O)N1CCN(c2ncccn2)CC1.I. The molecule has 180 valence electrons. The number of guanidine groups is 1. The number of amides is 1. The molecule has 2 N–H and O–H groups in total. The lowest BCUT2D eigenvalue weighted by Gasteiger charge is -2.34. The molecule has 0 bridgehead atoms. The van der Waals surface area contributed by atoms with E-state index in [9.17, 15) is 4.79 Å². The van der Waals surface area contributed by atoms with Crippen molar-refractivity contribution in [2.75, 3.05) is 51.3 Å². The molecule has 0 aliphatic carbocycles. The Bertz CT molecular complexity index is 903. The summed E-state index contributed by atoms with van der Waals surface area (Å²) in [6.07, 6.45) is 3.90. The maximum Gasteiger partial charge on any atom is 0.225 e. The third-order valence-corrected chi connectivity index (χ3v) is 5.29. The molecule has 0 radical (unpaired) electrons. The van der Waals surface area contributed by atoms with Crippen LogP contribution in [-0.4, -0.2) is 73.1 Å². The van der Waals surface area contributed by atoms with Crippen molar-refractivity contribution in [1.29, 1.82) is 0 Å². The predicted molar refractivity (Wildman–Crippen MR) is 141 cm³/mol. The zero-order chi connectivity index (χ0) is 22.8. The minimum atomic E-state index is 0. The number of nitrogens with zero attached hydrogens (tertiary/aromatic N) is 5. The molecule has 0 saturated carbocycles. The van der Waals surface area contributed by atoms with Crippen molar-refractivity contribution in [2.45, 2.75) is 26.8 Å². The molecule has 1 aromatic carbocycles. The lowest BCUT2D eigenvalue weighted by Crippen LogP contribution is -2.50. The lowest BCUT2D eigenvalue weighted by atomic mass is 10.1. The second-order valence-corrected chi connectivity index (χ2v) is 7.60. The second-order valence-electron chi connectivity index (χ2n) is 7.60. The highest BCUT2D eigenvalue weighted by Gasteiger charge is 2.22. The van der Waals surface area contributed by atoms with Crippen molar-refractivity contribution < 1.29 is 9.53 Å². The van der Waals surface area contributed by atoms with Crippen LogP contribution in [0.25, 0.3) is 0 Å². The molecule has 1 saturated heterocycles. The van der Waals surface area contributed by atoms with Crippen molar-refractivity contribution in [3.63, 3.8) is 0 Å². The summed E-state index contributed by atoms with van der Waals surface area (Å²) < 4.78 is 5.46. The van der Waals surface area contributed by atoms with Gasteiger partial charge in [-0.25, -0.2) is 15.0 Å². The first-order chi connectivity index (χ1) is 15.6. The van der Waals surface area contributed by atoms with Crippen LogP contribution in [0.3, 0.4) is 0 Å². The summed E-state index contributed by atoms with van der Waals surface area (Å²) in [5.74, 6) is 2.38. The highest BCUT2D eigenvalue weighted by atomic mass is 127. The first-order valence-corrected chi connectivity index (χ1v) is 11.1. The molecule has 9 nitrogen and oxygen atoms in total. The Morgan fingerprint density at radius 1 is 1.15 bits per heavy atom. The van der Waals surface area contributed by atoms with Gasteiger partial charge in [0.05, 0.1) is 13.7 Å². The molecule has 0 unspecified atom stereocenters. The molecule has 1 fully saturated rings. The number of anilines is 1. The summed E-state index contributed by atoms with van der Waals surface area (Å²) >= 11 is 0. The number of piperazine rings is 1. The van der Waals surface area contributed by atoms with Crippen molar-refractivity contribution in [3.8, 4) is 5.75 Å². The Balaban J connectivity index is 0.00000385. The number of carbonyl (C=O) groups excluding carboxylic acids is 1. The van der Waals surface area contributed by atoms with Crippen LogP contribution in [0.15, 0.2) is 41.7 Å². The summed E-state index contributed by atoms with van der Waals surface area (Å²) in [7, 11) is 1.67. The first kappa shape index (κ1) is 26.6. The third-order valence-electron chi connectivity index (χ3n) is 5.29. The van der Waals surface area contributed by atoms with Crippen LogP contribution in [0, 0.1) is 6.92 Å². The van der Waals surface area contributed by atoms with Gasteiger partial charge in [0.2, 0.25) is 11.9 Å². The Hall–Kier alpha value is -2.63.